The maximum Gasteiger partial charge on any atom is 0.0576 e. The molecule has 0 spiro atoms. The Kier molecular flexibility index (Phi) is 4.26. The number of nitrogens with two attached hydrogens (primary N) is 1. The van der Waals surface area contributed by atoms with Crippen molar-refractivity contribution in [1.82, 2.24) is 0 Å². The van der Waals surface area contributed by atoms with E-state index < -0.39 is 0 Å². The zero-order chi connectivity index (χ0) is 10.6. The molecule has 1 rings (SSSR count). The number of rotatable bonds is 4. The van der Waals surface area contributed by atoms with Gasteiger partial charge in [-0.05, 0) is 31.5 Å². The van der Waals surface area contributed by atoms with Crippen molar-refractivity contribution in [3.63, 3.8) is 0 Å². The molecule has 0 fully saturated rings. The molecule has 0 aliphatic heterocycles. The third-order valence-corrected chi connectivity index (χ3v) is 2.63. The summed E-state index contributed by atoms with van der Waals surface area (Å²) in [4.78, 5) is 0. The molecule has 3 N–H and O–H groups in total. The Morgan fingerprint density at radius 1 is 1.50 bits per heavy atom. The van der Waals surface area contributed by atoms with Crippen LogP contribution >= 0.6 is 15.9 Å². The van der Waals surface area contributed by atoms with Crippen LogP contribution in [0.4, 0.5) is 11.4 Å². The molecule has 0 radical (unpaired) electrons. The highest BCUT2D eigenvalue weighted by molar-refractivity contribution is 9.10. The van der Waals surface area contributed by atoms with Gasteiger partial charge in [-0.1, -0.05) is 29.3 Å². The molecular weight excluding hydrogens is 240 g/mol. The van der Waals surface area contributed by atoms with Gasteiger partial charge >= 0.3 is 0 Å². The predicted molar refractivity (Wildman–Crippen MR) is 66.5 cm³/mol. The van der Waals surface area contributed by atoms with Gasteiger partial charge in [0.15, 0.2) is 0 Å². The normalized spacial score (nSPS) is 12.5. The van der Waals surface area contributed by atoms with Crippen LogP contribution in [0, 0.1) is 0 Å². The van der Waals surface area contributed by atoms with Gasteiger partial charge in [-0.15, -0.1) is 0 Å². The molecule has 1 aromatic carbocycles. The molecular formula is C11H17BrN2. The number of halogens is 1. The van der Waals surface area contributed by atoms with Crippen LogP contribution in [0.15, 0.2) is 22.7 Å². The molecule has 3 heteroatoms. The lowest BCUT2D eigenvalue weighted by Gasteiger charge is -2.16. The van der Waals surface area contributed by atoms with Crippen LogP contribution in [-0.4, -0.2) is 6.04 Å². The SMILES string of the molecule is CCCC(C)Nc1ccc(Br)cc1N. The molecule has 2 nitrogen and oxygen atoms in total. The summed E-state index contributed by atoms with van der Waals surface area (Å²) in [5, 5.41) is 3.39. The van der Waals surface area contributed by atoms with Crippen LogP contribution in [0.3, 0.4) is 0 Å². The van der Waals surface area contributed by atoms with Crippen molar-refractivity contribution in [2.45, 2.75) is 32.7 Å². The van der Waals surface area contributed by atoms with Crippen molar-refractivity contribution in [3.8, 4) is 0 Å². The monoisotopic (exact) mass is 256 g/mol. The zero-order valence-corrected chi connectivity index (χ0v) is 10.3. The maximum absolute atomic E-state index is 5.87. The lowest BCUT2D eigenvalue weighted by atomic mass is 10.2. The molecule has 0 saturated carbocycles. The highest BCUT2D eigenvalue weighted by Gasteiger charge is 2.03. The first kappa shape index (κ1) is 11.4. The summed E-state index contributed by atoms with van der Waals surface area (Å²) in [5.41, 5.74) is 7.69. The van der Waals surface area contributed by atoms with Crippen molar-refractivity contribution in [3.05, 3.63) is 22.7 Å². The molecule has 1 unspecified atom stereocenters. The maximum atomic E-state index is 5.87. The summed E-state index contributed by atoms with van der Waals surface area (Å²) < 4.78 is 1.02. The number of hydrogen-bond acceptors (Lipinski definition) is 2. The fourth-order valence-corrected chi connectivity index (χ4v) is 1.81. The van der Waals surface area contributed by atoms with E-state index in [-0.39, 0.29) is 0 Å². The van der Waals surface area contributed by atoms with Crippen molar-refractivity contribution < 1.29 is 0 Å². The molecule has 1 aromatic rings. The molecule has 1 atom stereocenters. The van der Waals surface area contributed by atoms with E-state index in [9.17, 15) is 0 Å². The molecule has 0 aliphatic rings. The average Bonchev–Trinajstić information content (AvgIpc) is 2.10. The van der Waals surface area contributed by atoms with Crippen molar-refractivity contribution in [2.24, 2.45) is 0 Å². The zero-order valence-electron chi connectivity index (χ0n) is 8.68. The third kappa shape index (κ3) is 3.22. The lowest BCUT2D eigenvalue weighted by Crippen LogP contribution is -2.15. The van der Waals surface area contributed by atoms with E-state index in [1.54, 1.807) is 0 Å². The molecule has 0 heterocycles. The van der Waals surface area contributed by atoms with Gasteiger partial charge < -0.3 is 11.1 Å². The molecule has 0 amide bonds. The Hall–Kier alpha value is -0.700. The first-order valence-electron chi connectivity index (χ1n) is 4.95. The van der Waals surface area contributed by atoms with Gasteiger partial charge in [-0.3, -0.25) is 0 Å². The Bertz CT molecular complexity index is 299. The highest BCUT2D eigenvalue weighted by Crippen LogP contribution is 2.23. The second-order valence-electron chi connectivity index (χ2n) is 3.57. The number of benzene rings is 1. The first-order valence-corrected chi connectivity index (χ1v) is 5.74. The van der Waals surface area contributed by atoms with Crippen LogP contribution in [0.5, 0.6) is 0 Å². The van der Waals surface area contributed by atoms with E-state index >= 15 is 0 Å². The van der Waals surface area contributed by atoms with E-state index in [4.69, 9.17) is 5.73 Å². The van der Waals surface area contributed by atoms with E-state index in [1.807, 2.05) is 18.2 Å². The quantitative estimate of drug-likeness (QED) is 0.808. The topological polar surface area (TPSA) is 38.0 Å². The minimum atomic E-state index is 0.475. The van der Waals surface area contributed by atoms with Crippen LogP contribution < -0.4 is 11.1 Å². The summed E-state index contributed by atoms with van der Waals surface area (Å²) in [6.45, 7) is 4.36. The van der Waals surface area contributed by atoms with E-state index in [2.05, 4.69) is 35.1 Å². The number of nitrogens with one attached hydrogen (secondary N) is 1. The third-order valence-electron chi connectivity index (χ3n) is 2.14. The minimum Gasteiger partial charge on any atom is -0.397 e. The van der Waals surface area contributed by atoms with Gasteiger partial charge in [0.2, 0.25) is 0 Å². The number of hydrogen-bond donors (Lipinski definition) is 2. The lowest BCUT2D eigenvalue weighted by molar-refractivity contribution is 0.691. The predicted octanol–water partition coefficient (Wildman–Crippen LogP) is 3.63. The van der Waals surface area contributed by atoms with Gasteiger partial charge in [-0.25, -0.2) is 0 Å². The average molecular weight is 257 g/mol. The van der Waals surface area contributed by atoms with Gasteiger partial charge in [0.05, 0.1) is 11.4 Å². The first-order chi connectivity index (χ1) is 6.63. The summed E-state index contributed by atoms with van der Waals surface area (Å²) in [6, 6.07) is 6.40. The highest BCUT2D eigenvalue weighted by atomic mass is 79.9. The molecule has 0 saturated heterocycles. The Morgan fingerprint density at radius 2 is 2.21 bits per heavy atom. The Labute approximate surface area is 94.0 Å². The van der Waals surface area contributed by atoms with Gasteiger partial charge in [0, 0.05) is 10.5 Å². The second-order valence-corrected chi connectivity index (χ2v) is 4.48. The van der Waals surface area contributed by atoms with Crippen molar-refractivity contribution >= 4 is 27.3 Å². The van der Waals surface area contributed by atoms with Crippen LogP contribution in [-0.2, 0) is 0 Å². The van der Waals surface area contributed by atoms with Gasteiger partial charge in [-0.2, -0.15) is 0 Å². The second kappa shape index (κ2) is 5.25. The Morgan fingerprint density at radius 3 is 2.79 bits per heavy atom. The number of nitrogen functional groups attached to an aromatic ring is 1. The van der Waals surface area contributed by atoms with E-state index in [1.165, 1.54) is 6.42 Å². The summed E-state index contributed by atoms with van der Waals surface area (Å²) in [6.07, 6.45) is 2.35. The summed E-state index contributed by atoms with van der Waals surface area (Å²) in [7, 11) is 0. The van der Waals surface area contributed by atoms with Crippen LogP contribution in [0.2, 0.25) is 0 Å². The van der Waals surface area contributed by atoms with Crippen LogP contribution in [0.1, 0.15) is 26.7 Å². The molecule has 0 aromatic heterocycles. The summed E-state index contributed by atoms with van der Waals surface area (Å²) >= 11 is 3.39. The molecule has 0 bridgehead atoms. The van der Waals surface area contributed by atoms with Crippen molar-refractivity contribution in [1.29, 1.82) is 0 Å². The fraction of sp³-hybridized carbons (Fsp3) is 0.455. The fourth-order valence-electron chi connectivity index (χ4n) is 1.44. The van der Waals surface area contributed by atoms with Crippen molar-refractivity contribution in [2.75, 3.05) is 11.1 Å². The minimum absolute atomic E-state index is 0.475. The molecule has 0 aliphatic carbocycles. The Balaban J connectivity index is 2.67. The standard InChI is InChI=1S/C11H17BrN2/c1-3-4-8(2)14-11-6-5-9(12)7-10(11)13/h5-8,14H,3-4,13H2,1-2H3. The van der Waals surface area contributed by atoms with Gasteiger partial charge in [0.25, 0.3) is 0 Å². The van der Waals surface area contributed by atoms with Gasteiger partial charge in [0.1, 0.15) is 0 Å². The van der Waals surface area contributed by atoms with Crippen LogP contribution in [0.25, 0.3) is 0 Å². The molecule has 78 valence electrons. The number of anilines is 2. The smallest absolute Gasteiger partial charge is 0.0576 e. The summed E-state index contributed by atoms with van der Waals surface area (Å²) in [5.74, 6) is 0. The van der Waals surface area contributed by atoms with E-state index in [0.29, 0.717) is 6.04 Å². The molecule has 14 heavy (non-hydrogen) atoms. The largest absolute Gasteiger partial charge is 0.397 e. The van der Waals surface area contributed by atoms with E-state index in [0.717, 1.165) is 22.3 Å².